The first-order valence-electron chi connectivity index (χ1n) is 6.73. The number of hydrogen-bond donors (Lipinski definition) is 1. The zero-order valence-electron chi connectivity index (χ0n) is 11.1. The van der Waals surface area contributed by atoms with Crippen molar-refractivity contribution in [2.75, 3.05) is 25.9 Å². The summed E-state index contributed by atoms with van der Waals surface area (Å²) < 4.78 is 3.38. The smallest absolute Gasteiger partial charge is 0.201 e. The van der Waals surface area contributed by atoms with Crippen LogP contribution in [0.15, 0.2) is 18.2 Å². The van der Waals surface area contributed by atoms with Crippen molar-refractivity contribution >= 4 is 39.6 Å². The van der Waals surface area contributed by atoms with Gasteiger partial charge in [-0.05, 0) is 73.1 Å². The number of halogens is 1. The van der Waals surface area contributed by atoms with Crippen LogP contribution in [0.2, 0.25) is 0 Å². The lowest BCUT2D eigenvalue weighted by atomic mass is 9.98. The molecular weight excluding hydrogens is 351 g/mol. The van der Waals surface area contributed by atoms with Crippen LogP contribution in [-0.4, -0.2) is 34.6 Å². The number of likely N-dealkylation sites (tertiary alicyclic amines) is 1. The zero-order chi connectivity index (χ0) is 13.4. The van der Waals surface area contributed by atoms with E-state index in [0.717, 1.165) is 24.1 Å². The summed E-state index contributed by atoms with van der Waals surface area (Å²) in [5, 5.41) is 0. The van der Waals surface area contributed by atoms with Gasteiger partial charge < -0.3 is 15.2 Å². The lowest BCUT2D eigenvalue weighted by molar-refractivity contribution is 0.196. The largest absolute Gasteiger partial charge is 0.369 e. The minimum absolute atomic E-state index is 0.644. The monoisotopic (exact) mass is 370 g/mol. The molecule has 0 aliphatic carbocycles. The molecule has 2 N–H and O–H groups in total. The maximum absolute atomic E-state index is 6.09. The lowest BCUT2D eigenvalue weighted by Gasteiger charge is -2.30. The fraction of sp³-hybridized carbons (Fsp3) is 0.500. The summed E-state index contributed by atoms with van der Waals surface area (Å²) in [6.07, 6.45) is 2.57. The van der Waals surface area contributed by atoms with Gasteiger partial charge in [0.1, 0.15) is 0 Å². The van der Waals surface area contributed by atoms with Gasteiger partial charge >= 0.3 is 0 Å². The van der Waals surface area contributed by atoms with Crippen molar-refractivity contribution in [2.45, 2.75) is 19.4 Å². The number of benzene rings is 1. The van der Waals surface area contributed by atoms with Crippen LogP contribution in [0.25, 0.3) is 11.0 Å². The standard InChI is InChI=1S/C14H19IN4/c1-18-6-2-3-10(8-18)9-19-13-5-4-11(15)7-12(13)17-14(19)16/h4-5,7,10H,2-3,6,8-9H2,1H3,(H2,16,17). The van der Waals surface area contributed by atoms with Gasteiger partial charge in [0, 0.05) is 16.7 Å². The number of imidazole rings is 1. The summed E-state index contributed by atoms with van der Waals surface area (Å²) >= 11 is 2.31. The van der Waals surface area contributed by atoms with E-state index in [4.69, 9.17) is 5.73 Å². The predicted molar refractivity (Wildman–Crippen MR) is 87.1 cm³/mol. The van der Waals surface area contributed by atoms with E-state index < -0.39 is 0 Å². The number of nitrogens with zero attached hydrogens (tertiary/aromatic N) is 3. The summed E-state index contributed by atoms with van der Waals surface area (Å²) in [5.74, 6) is 1.32. The van der Waals surface area contributed by atoms with Gasteiger partial charge in [0.05, 0.1) is 11.0 Å². The molecule has 2 heterocycles. The van der Waals surface area contributed by atoms with Crippen molar-refractivity contribution in [2.24, 2.45) is 5.92 Å². The lowest BCUT2D eigenvalue weighted by Crippen LogP contribution is -2.34. The van der Waals surface area contributed by atoms with E-state index >= 15 is 0 Å². The Morgan fingerprint density at radius 1 is 1.47 bits per heavy atom. The normalized spacial score (nSPS) is 21.1. The van der Waals surface area contributed by atoms with Crippen LogP contribution in [0.5, 0.6) is 0 Å². The van der Waals surface area contributed by atoms with E-state index in [-0.39, 0.29) is 0 Å². The number of anilines is 1. The highest BCUT2D eigenvalue weighted by atomic mass is 127. The van der Waals surface area contributed by atoms with Gasteiger partial charge in [0.25, 0.3) is 0 Å². The van der Waals surface area contributed by atoms with Crippen LogP contribution in [-0.2, 0) is 6.54 Å². The highest BCUT2D eigenvalue weighted by molar-refractivity contribution is 14.1. The van der Waals surface area contributed by atoms with Crippen LogP contribution in [0.4, 0.5) is 5.95 Å². The third kappa shape index (κ3) is 2.72. The van der Waals surface area contributed by atoms with Gasteiger partial charge in [-0.2, -0.15) is 0 Å². The van der Waals surface area contributed by atoms with Gasteiger partial charge in [-0.3, -0.25) is 0 Å². The van der Waals surface area contributed by atoms with E-state index in [9.17, 15) is 0 Å². The molecular formula is C14H19IN4. The highest BCUT2D eigenvalue weighted by Crippen LogP contribution is 2.24. The first-order valence-corrected chi connectivity index (χ1v) is 7.81. The number of piperidine rings is 1. The molecule has 3 rings (SSSR count). The molecule has 2 aromatic rings. The first kappa shape index (κ1) is 13.2. The topological polar surface area (TPSA) is 47.1 Å². The molecule has 4 nitrogen and oxygen atoms in total. The average Bonchev–Trinajstić information content (AvgIpc) is 2.65. The van der Waals surface area contributed by atoms with Crippen molar-refractivity contribution in [3.05, 3.63) is 21.8 Å². The number of hydrogen-bond acceptors (Lipinski definition) is 3. The molecule has 0 bridgehead atoms. The van der Waals surface area contributed by atoms with Gasteiger partial charge in [-0.1, -0.05) is 0 Å². The molecule has 1 saturated heterocycles. The fourth-order valence-corrected chi connectivity index (χ4v) is 3.47. The Balaban J connectivity index is 1.89. The Labute approximate surface area is 127 Å². The molecule has 0 spiro atoms. The van der Waals surface area contributed by atoms with Crippen LogP contribution < -0.4 is 5.73 Å². The van der Waals surface area contributed by atoms with Crippen LogP contribution >= 0.6 is 22.6 Å². The summed E-state index contributed by atoms with van der Waals surface area (Å²) in [5.41, 5.74) is 8.26. The van der Waals surface area contributed by atoms with Crippen LogP contribution in [0, 0.1) is 9.49 Å². The SMILES string of the molecule is CN1CCCC(Cn2c(N)nc3cc(I)ccc32)C1. The number of rotatable bonds is 2. The number of fused-ring (bicyclic) bond motifs is 1. The molecule has 19 heavy (non-hydrogen) atoms. The third-order valence-electron chi connectivity index (χ3n) is 3.90. The fourth-order valence-electron chi connectivity index (χ4n) is 2.99. The van der Waals surface area contributed by atoms with Crippen LogP contribution in [0.1, 0.15) is 12.8 Å². The van der Waals surface area contributed by atoms with Gasteiger partial charge in [-0.15, -0.1) is 0 Å². The van der Waals surface area contributed by atoms with Gasteiger partial charge in [-0.25, -0.2) is 4.98 Å². The minimum atomic E-state index is 0.644. The van der Waals surface area contributed by atoms with Crippen molar-refractivity contribution in [1.82, 2.24) is 14.5 Å². The Bertz CT molecular complexity index is 592. The predicted octanol–water partition coefficient (Wildman–Crippen LogP) is 2.56. The molecule has 0 saturated carbocycles. The molecule has 102 valence electrons. The van der Waals surface area contributed by atoms with Crippen molar-refractivity contribution < 1.29 is 0 Å². The molecule has 1 aromatic carbocycles. The van der Waals surface area contributed by atoms with Crippen molar-refractivity contribution in [3.8, 4) is 0 Å². The minimum Gasteiger partial charge on any atom is -0.369 e. The van der Waals surface area contributed by atoms with E-state index in [1.165, 1.54) is 23.0 Å². The van der Waals surface area contributed by atoms with E-state index in [0.29, 0.717) is 11.9 Å². The Hall–Kier alpha value is -0.820. The summed E-state index contributed by atoms with van der Waals surface area (Å²) in [6.45, 7) is 3.35. The molecule has 0 radical (unpaired) electrons. The summed E-state index contributed by atoms with van der Waals surface area (Å²) in [6, 6.07) is 6.34. The molecule has 1 aliphatic heterocycles. The molecule has 1 aromatic heterocycles. The maximum atomic E-state index is 6.09. The second kappa shape index (κ2) is 5.28. The molecule has 1 fully saturated rings. The Morgan fingerprint density at radius 2 is 2.32 bits per heavy atom. The molecule has 5 heteroatoms. The Morgan fingerprint density at radius 3 is 3.11 bits per heavy atom. The summed E-state index contributed by atoms with van der Waals surface area (Å²) in [7, 11) is 2.20. The highest BCUT2D eigenvalue weighted by Gasteiger charge is 2.19. The number of nitrogens with two attached hydrogens (primary N) is 1. The molecule has 1 aliphatic rings. The maximum Gasteiger partial charge on any atom is 0.201 e. The van der Waals surface area contributed by atoms with Gasteiger partial charge in [0.2, 0.25) is 5.95 Å². The molecule has 0 amide bonds. The van der Waals surface area contributed by atoms with Crippen molar-refractivity contribution in [1.29, 1.82) is 0 Å². The molecule has 1 unspecified atom stereocenters. The van der Waals surface area contributed by atoms with Gasteiger partial charge in [0.15, 0.2) is 0 Å². The first-order chi connectivity index (χ1) is 9.13. The quantitative estimate of drug-likeness (QED) is 0.827. The third-order valence-corrected chi connectivity index (χ3v) is 4.57. The second-order valence-corrected chi connectivity index (χ2v) is 6.73. The number of nitrogen functional groups attached to an aromatic ring is 1. The van der Waals surface area contributed by atoms with E-state index in [2.05, 4.69) is 62.3 Å². The van der Waals surface area contributed by atoms with E-state index in [1.54, 1.807) is 0 Å². The zero-order valence-corrected chi connectivity index (χ0v) is 13.3. The average molecular weight is 370 g/mol. The second-order valence-electron chi connectivity index (χ2n) is 5.48. The van der Waals surface area contributed by atoms with Crippen molar-refractivity contribution in [3.63, 3.8) is 0 Å². The van der Waals surface area contributed by atoms with E-state index in [1.807, 2.05) is 0 Å². The molecule has 1 atom stereocenters. The Kier molecular flexibility index (Phi) is 3.66. The number of aromatic nitrogens is 2. The summed E-state index contributed by atoms with van der Waals surface area (Å²) in [4.78, 5) is 6.89. The van der Waals surface area contributed by atoms with Crippen LogP contribution in [0.3, 0.4) is 0 Å².